The van der Waals surface area contributed by atoms with Gasteiger partial charge in [0.2, 0.25) is 0 Å². The minimum absolute atomic E-state index is 0.0923. The van der Waals surface area contributed by atoms with E-state index in [1.807, 2.05) is 0 Å². The standard InChI is InChI=1S/C13H29NO3Si/c1-12(2,3)10(9-16-11(14)15)17-18(7,8)13(4,5)6/h10H,9H2,1-8H3,(H2,14,15). The van der Waals surface area contributed by atoms with E-state index in [2.05, 4.69) is 54.6 Å². The summed E-state index contributed by atoms with van der Waals surface area (Å²) in [6.07, 6.45) is -0.881. The van der Waals surface area contributed by atoms with Crippen molar-refractivity contribution in [3.05, 3.63) is 0 Å². The van der Waals surface area contributed by atoms with Gasteiger partial charge in [-0.2, -0.15) is 0 Å². The zero-order chi connectivity index (χ0) is 14.8. The fourth-order valence-corrected chi connectivity index (χ4v) is 2.64. The van der Waals surface area contributed by atoms with E-state index in [1.165, 1.54) is 0 Å². The summed E-state index contributed by atoms with van der Waals surface area (Å²) in [5.41, 5.74) is 4.94. The first kappa shape index (κ1) is 17.4. The normalized spacial score (nSPS) is 15.3. The topological polar surface area (TPSA) is 61.5 Å². The predicted molar refractivity (Wildman–Crippen MR) is 77.1 cm³/mol. The van der Waals surface area contributed by atoms with E-state index in [0.717, 1.165) is 0 Å². The monoisotopic (exact) mass is 275 g/mol. The van der Waals surface area contributed by atoms with Crippen molar-refractivity contribution in [2.24, 2.45) is 11.1 Å². The summed E-state index contributed by atoms with van der Waals surface area (Å²) in [6, 6.07) is 0. The number of hydrogen-bond acceptors (Lipinski definition) is 3. The quantitative estimate of drug-likeness (QED) is 0.798. The van der Waals surface area contributed by atoms with Crippen LogP contribution in [0.1, 0.15) is 41.5 Å². The van der Waals surface area contributed by atoms with Gasteiger partial charge < -0.3 is 14.9 Å². The second-order valence-electron chi connectivity index (χ2n) is 7.36. The van der Waals surface area contributed by atoms with Gasteiger partial charge in [0.1, 0.15) is 6.61 Å². The van der Waals surface area contributed by atoms with Gasteiger partial charge >= 0.3 is 6.09 Å². The van der Waals surface area contributed by atoms with Crippen LogP contribution in [-0.4, -0.2) is 27.1 Å². The molecule has 0 saturated carbocycles. The van der Waals surface area contributed by atoms with Crippen LogP contribution in [-0.2, 0) is 9.16 Å². The van der Waals surface area contributed by atoms with Crippen LogP contribution < -0.4 is 5.73 Å². The highest BCUT2D eigenvalue weighted by molar-refractivity contribution is 6.74. The van der Waals surface area contributed by atoms with Crippen LogP contribution >= 0.6 is 0 Å². The summed E-state index contributed by atoms with van der Waals surface area (Å²) < 4.78 is 11.2. The fraction of sp³-hybridized carbons (Fsp3) is 0.923. The molecule has 0 saturated heterocycles. The van der Waals surface area contributed by atoms with Gasteiger partial charge in [-0.15, -0.1) is 0 Å². The van der Waals surface area contributed by atoms with Crippen molar-refractivity contribution in [3.63, 3.8) is 0 Å². The number of carbonyl (C=O) groups is 1. The summed E-state index contributed by atoms with van der Waals surface area (Å²) in [6.45, 7) is 17.4. The molecule has 5 heteroatoms. The van der Waals surface area contributed by atoms with Gasteiger partial charge in [-0.1, -0.05) is 41.5 Å². The third kappa shape index (κ3) is 5.39. The van der Waals surface area contributed by atoms with E-state index < -0.39 is 14.4 Å². The average Bonchev–Trinajstić information content (AvgIpc) is 2.07. The van der Waals surface area contributed by atoms with Crippen LogP contribution in [0.25, 0.3) is 0 Å². The van der Waals surface area contributed by atoms with Crippen molar-refractivity contribution in [1.82, 2.24) is 0 Å². The molecule has 1 atom stereocenters. The Morgan fingerprint density at radius 1 is 1.17 bits per heavy atom. The Balaban J connectivity index is 4.86. The van der Waals surface area contributed by atoms with Gasteiger partial charge in [0.25, 0.3) is 0 Å². The Kier molecular flexibility index (Phi) is 5.44. The molecule has 0 aromatic heterocycles. The summed E-state index contributed by atoms with van der Waals surface area (Å²) in [4.78, 5) is 10.7. The summed E-state index contributed by atoms with van der Waals surface area (Å²) in [5.74, 6) is 0. The van der Waals surface area contributed by atoms with E-state index >= 15 is 0 Å². The Morgan fingerprint density at radius 2 is 1.61 bits per heavy atom. The second kappa shape index (κ2) is 5.61. The molecular formula is C13H29NO3Si. The molecule has 1 unspecified atom stereocenters. The molecule has 4 nitrogen and oxygen atoms in total. The molecule has 18 heavy (non-hydrogen) atoms. The first-order valence-electron chi connectivity index (χ1n) is 6.37. The molecule has 0 aromatic rings. The summed E-state index contributed by atoms with van der Waals surface area (Å²) >= 11 is 0. The molecule has 0 bridgehead atoms. The van der Waals surface area contributed by atoms with Crippen molar-refractivity contribution < 1.29 is 14.0 Å². The molecule has 0 spiro atoms. The highest BCUT2D eigenvalue weighted by Crippen LogP contribution is 2.39. The Morgan fingerprint density at radius 3 is 1.89 bits per heavy atom. The molecule has 0 aliphatic rings. The van der Waals surface area contributed by atoms with Gasteiger partial charge in [-0.3, -0.25) is 0 Å². The number of hydrogen-bond donors (Lipinski definition) is 1. The average molecular weight is 275 g/mol. The van der Waals surface area contributed by atoms with Gasteiger partial charge in [0, 0.05) is 0 Å². The minimum atomic E-state index is -1.88. The van der Waals surface area contributed by atoms with Crippen molar-refractivity contribution in [2.75, 3.05) is 6.61 Å². The zero-order valence-electron chi connectivity index (χ0n) is 13.1. The predicted octanol–water partition coefficient (Wildman–Crippen LogP) is 3.52. The second-order valence-corrected chi connectivity index (χ2v) is 12.1. The summed E-state index contributed by atoms with van der Waals surface area (Å²) in [7, 11) is -1.88. The van der Waals surface area contributed by atoms with Crippen molar-refractivity contribution in [3.8, 4) is 0 Å². The van der Waals surface area contributed by atoms with Crippen molar-refractivity contribution in [2.45, 2.75) is 65.8 Å². The Labute approximate surface area is 112 Å². The highest BCUT2D eigenvalue weighted by atomic mass is 28.4. The SMILES string of the molecule is CC(C)(C)C(COC(N)=O)O[Si](C)(C)C(C)(C)C. The molecule has 108 valence electrons. The molecule has 0 aliphatic carbocycles. The highest BCUT2D eigenvalue weighted by Gasteiger charge is 2.41. The maximum Gasteiger partial charge on any atom is 0.404 e. The molecule has 1 amide bonds. The van der Waals surface area contributed by atoms with Crippen molar-refractivity contribution in [1.29, 1.82) is 0 Å². The molecule has 0 fully saturated rings. The lowest BCUT2D eigenvalue weighted by atomic mass is 9.90. The van der Waals surface area contributed by atoms with Gasteiger partial charge in [-0.05, 0) is 23.5 Å². The Hall–Kier alpha value is -0.553. The molecule has 0 rings (SSSR count). The van der Waals surface area contributed by atoms with E-state index in [0.29, 0.717) is 0 Å². The molecule has 0 heterocycles. The van der Waals surface area contributed by atoms with E-state index in [-0.39, 0.29) is 23.2 Å². The van der Waals surface area contributed by atoms with Crippen LogP contribution in [0, 0.1) is 5.41 Å². The number of rotatable bonds is 4. The van der Waals surface area contributed by atoms with Crippen molar-refractivity contribution >= 4 is 14.4 Å². The number of carbonyl (C=O) groups excluding carboxylic acids is 1. The van der Waals surface area contributed by atoms with Crippen LogP contribution in [0.3, 0.4) is 0 Å². The smallest absolute Gasteiger partial charge is 0.404 e. The van der Waals surface area contributed by atoms with Crippen LogP contribution in [0.15, 0.2) is 0 Å². The molecular weight excluding hydrogens is 246 g/mol. The van der Waals surface area contributed by atoms with E-state index in [1.54, 1.807) is 0 Å². The minimum Gasteiger partial charge on any atom is -0.447 e. The first-order chi connectivity index (χ1) is 7.77. The van der Waals surface area contributed by atoms with Gasteiger partial charge in [0.15, 0.2) is 8.32 Å². The van der Waals surface area contributed by atoms with Crippen LogP contribution in [0.4, 0.5) is 4.79 Å². The van der Waals surface area contributed by atoms with Gasteiger partial charge in [-0.25, -0.2) is 4.79 Å². The van der Waals surface area contributed by atoms with Crippen LogP contribution in [0.2, 0.25) is 18.1 Å². The maximum atomic E-state index is 10.7. The largest absolute Gasteiger partial charge is 0.447 e. The Bertz CT molecular complexity index is 290. The number of nitrogens with two attached hydrogens (primary N) is 1. The number of amides is 1. The third-order valence-corrected chi connectivity index (χ3v) is 8.07. The van der Waals surface area contributed by atoms with Crippen LogP contribution in [0.5, 0.6) is 0 Å². The number of primary amides is 1. The first-order valence-corrected chi connectivity index (χ1v) is 9.28. The lowest BCUT2D eigenvalue weighted by Crippen LogP contribution is -2.49. The van der Waals surface area contributed by atoms with E-state index in [4.69, 9.17) is 14.9 Å². The van der Waals surface area contributed by atoms with E-state index in [9.17, 15) is 4.79 Å². The summed E-state index contributed by atoms with van der Waals surface area (Å²) in [5, 5.41) is 0.128. The molecule has 0 aromatic carbocycles. The number of ether oxygens (including phenoxy) is 1. The fourth-order valence-electron chi connectivity index (χ4n) is 1.15. The molecule has 0 aliphatic heterocycles. The lowest BCUT2D eigenvalue weighted by Gasteiger charge is -2.42. The molecule has 0 radical (unpaired) electrons. The third-order valence-electron chi connectivity index (χ3n) is 3.59. The maximum absolute atomic E-state index is 10.7. The zero-order valence-corrected chi connectivity index (χ0v) is 14.1. The van der Waals surface area contributed by atoms with Gasteiger partial charge in [0.05, 0.1) is 6.10 Å². The molecule has 2 N–H and O–H groups in total. The lowest BCUT2D eigenvalue weighted by molar-refractivity contribution is 0.0148.